The Hall–Kier alpha value is -2.24. The summed E-state index contributed by atoms with van der Waals surface area (Å²) < 4.78 is 5.33. The molecular formula is C16H13Cl2NO4. The van der Waals surface area contributed by atoms with Crippen LogP contribution in [-0.4, -0.2) is 23.6 Å². The van der Waals surface area contributed by atoms with Crippen LogP contribution in [0.5, 0.6) is 5.75 Å². The number of carboxylic acids is 1. The lowest BCUT2D eigenvalue weighted by Gasteiger charge is -2.11. The molecule has 0 aromatic heterocycles. The van der Waals surface area contributed by atoms with Crippen molar-refractivity contribution in [3.05, 3.63) is 58.1 Å². The number of anilines is 1. The summed E-state index contributed by atoms with van der Waals surface area (Å²) >= 11 is 11.7. The number of rotatable bonds is 6. The van der Waals surface area contributed by atoms with E-state index in [1.165, 1.54) is 6.07 Å². The minimum atomic E-state index is -0.976. The standard InChI is InChI=1S/C16H13Cl2NO4/c17-11-5-6-14(12(18)8-11)23-9-15(20)19-13-4-2-1-3-10(13)7-16(21)22/h1-6,8H,7,9H2,(H,19,20)(H,21,22). The minimum Gasteiger partial charge on any atom is -0.482 e. The molecule has 5 nitrogen and oxygen atoms in total. The Labute approximate surface area is 142 Å². The number of carboxylic acid groups (broad SMARTS) is 1. The fourth-order valence-electron chi connectivity index (χ4n) is 1.88. The Morgan fingerprint density at radius 1 is 1.13 bits per heavy atom. The highest BCUT2D eigenvalue weighted by atomic mass is 35.5. The molecule has 0 bridgehead atoms. The number of ether oxygens (including phenoxy) is 1. The first-order chi connectivity index (χ1) is 11.0. The Balaban J connectivity index is 1.98. The quantitative estimate of drug-likeness (QED) is 0.831. The van der Waals surface area contributed by atoms with Crippen LogP contribution in [0.15, 0.2) is 42.5 Å². The molecule has 7 heteroatoms. The summed E-state index contributed by atoms with van der Waals surface area (Å²) in [6.45, 7) is -0.261. The second kappa shape index (κ2) is 7.85. The van der Waals surface area contributed by atoms with Crippen LogP contribution < -0.4 is 10.1 Å². The highest BCUT2D eigenvalue weighted by molar-refractivity contribution is 6.35. The first kappa shape index (κ1) is 17.1. The van der Waals surface area contributed by atoms with Gasteiger partial charge in [0.15, 0.2) is 6.61 Å². The molecule has 120 valence electrons. The summed E-state index contributed by atoms with van der Waals surface area (Å²) in [4.78, 5) is 22.8. The van der Waals surface area contributed by atoms with E-state index in [-0.39, 0.29) is 13.0 Å². The molecule has 0 heterocycles. The molecule has 23 heavy (non-hydrogen) atoms. The number of hydrogen-bond acceptors (Lipinski definition) is 3. The number of amides is 1. The predicted molar refractivity (Wildman–Crippen MR) is 88.4 cm³/mol. The average Bonchev–Trinajstić information content (AvgIpc) is 2.48. The number of aliphatic carboxylic acids is 1. The number of carbonyl (C=O) groups is 2. The van der Waals surface area contributed by atoms with Gasteiger partial charge in [0.1, 0.15) is 5.75 Å². The first-order valence-corrected chi connectivity index (χ1v) is 7.38. The zero-order valence-corrected chi connectivity index (χ0v) is 13.4. The number of para-hydroxylation sites is 1. The highest BCUT2D eigenvalue weighted by Gasteiger charge is 2.11. The molecule has 2 aromatic rings. The molecule has 0 radical (unpaired) electrons. The molecule has 2 rings (SSSR count). The van der Waals surface area contributed by atoms with Gasteiger partial charge in [0.25, 0.3) is 5.91 Å². The maximum atomic E-state index is 11.9. The zero-order valence-electron chi connectivity index (χ0n) is 11.9. The summed E-state index contributed by atoms with van der Waals surface area (Å²) in [7, 11) is 0. The molecule has 0 aliphatic heterocycles. The lowest BCUT2D eigenvalue weighted by Crippen LogP contribution is -2.21. The summed E-state index contributed by atoms with van der Waals surface area (Å²) in [5.41, 5.74) is 0.948. The van der Waals surface area contributed by atoms with Crippen molar-refractivity contribution in [1.29, 1.82) is 0 Å². The van der Waals surface area contributed by atoms with Gasteiger partial charge in [-0.25, -0.2) is 0 Å². The number of benzene rings is 2. The van der Waals surface area contributed by atoms with Crippen molar-refractivity contribution in [2.24, 2.45) is 0 Å². The van der Waals surface area contributed by atoms with Gasteiger partial charge >= 0.3 is 5.97 Å². The normalized spacial score (nSPS) is 10.2. The third-order valence-electron chi connectivity index (χ3n) is 2.89. The fourth-order valence-corrected chi connectivity index (χ4v) is 2.34. The molecule has 0 unspecified atom stereocenters. The second-order valence-electron chi connectivity index (χ2n) is 4.64. The van der Waals surface area contributed by atoms with E-state index in [4.69, 9.17) is 33.0 Å². The van der Waals surface area contributed by atoms with E-state index >= 15 is 0 Å². The summed E-state index contributed by atoms with van der Waals surface area (Å²) in [6.07, 6.45) is -0.180. The second-order valence-corrected chi connectivity index (χ2v) is 5.48. The fraction of sp³-hybridized carbons (Fsp3) is 0.125. The molecule has 0 spiro atoms. The predicted octanol–water partition coefficient (Wildman–Crippen LogP) is 3.64. The molecule has 0 atom stereocenters. The van der Waals surface area contributed by atoms with Crippen molar-refractivity contribution in [3.63, 3.8) is 0 Å². The molecule has 0 aliphatic rings. The number of carbonyl (C=O) groups excluding carboxylic acids is 1. The average molecular weight is 354 g/mol. The van der Waals surface area contributed by atoms with Gasteiger partial charge in [-0.15, -0.1) is 0 Å². The van der Waals surface area contributed by atoms with Crippen LogP contribution in [0.3, 0.4) is 0 Å². The van der Waals surface area contributed by atoms with Crippen LogP contribution >= 0.6 is 23.2 Å². The van der Waals surface area contributed by atoms with E-state index in [0.29, 0.717) is 27.0 Å². The molecule has 2 aromatic carbocycles. The van der Waals surface area contributed by atoms with Crippen molar-refractivity contribution in [1.82, 2.24) is 0 Å². The third kappa shape index (κ3) is 5.16. The Kier molecular flexibility index (Phi) is 5.84. The molecule has 0 fully saturated rings. The highest BCUT2D eigenvalue weighted by Crippen LogP contribution is 2.27. The Morgan fingerprint density at radius 2 is 1.87 bits per heavy atom. The van der Waals surface area contributed by atoms with Crippen LogP contribution in [-0.2, 0) is 16.0 Å². The summed E-state index contributed by atoms with van der Waals surface area (Å²) in [6, 6.07) is 11.4. The number of halogens is 2. The number of hydrogen-bond donors (Lipinski definition) is 2. The maximum absolute atomic E-state index is 11.9. The van der Waals surface area contributed by atoms with E-state index in [1.807, 2.05) is 0 Å². The zero-order chi connectivity index (χ0) is 16.8. The lowest BCUT2D eigenvalue weighted by atomic mass is 10.1. The van der Waals surface area contributed by atoms with Crippen LogP contribution in [0.25, 0.3) is 0 Å². The van der Waals surface area contributed by atoms with Gasteiger partial charge in [-0.05, 0) is 29.8 Å². The van der Waals surface area contributed by atoms with Crippen molar-refractivity contribution in [2.45, 2.75) is 6.42 Å². The van der Waals surface area contributed by atoms with Gasteiger partial charge in [0.2, 0.25) is 0 Å². The third-order valence-corrected chi connectivity index (χ3v) is 3.42. The summed E-state index contributed by atoms with van der Waals surface area (Å²) in [5.74, 6) is -1.06. The lowest BCUT2D eigenvalue weighted by molar-refractivity contribution is -0.136. The molecule has 2 N–H and O–H groups in total. The smallest absolute Gasteiger partial charge is 0.307 e. The molecule has 0 aliphatic carbocycles. The largest absolute Gasteiger partial charge is 0.482 e. The molecule has 0 saturated carbocycles. The van der Waals surface area contributed by atoms with Gasteiger partial charge in [0, 0.05) is 10.7 Å². The van der Waals surface area contributed by atoms with Crippen molar-refractivity contribution >= 4 is 40.8 Å². The summed E-state index contributed by atoms with van der Waals surface area (Å²) in [5, 5.41) is 12.3. The minimum absolute atomic E-state index is 0.180. The van der Waals surface area contributed by atoms with Gasteiger partial charge in [-0.1, -0.05) is 41.4 Å². The van der Waals surface area contributed by atoms with E-state index in [9.17, 15) is 9.59 Å². The monoisotopic (exact) mass is 353 g/mol. The van der Waals surface area contributed by atoms with E-state index < -0.39 is 11.9 Å². The topological polar surface area (TPSA) is 75.6 Å². The molecule has 1 amide bonds. The van der Waals surface area contributed by atoms with Crippen LogP contribution in [0, 0.1) is 0 Å². The number of nitrogens with one attached hydrogen (secondary N) is 1. The van der Waals surface area contributed by atoms with Crippen LogP contribution in [0.2, 0.25) is 10.0 Å². The van der Waals surface area contributed by atoms with Gasteiger partial charge in [0.05, 0.1) is 11.4 Å². The van der Waals surface area contributed by atoms with Gasteiger partial charge < -0.3 is 15.2 Å². The van der Waals surface area contributed by atoms with Crippen molar-refractivity contribution in [2.75, 3.05) is 11.9 Å². The Bertz CT molecular complexity index is 734. The van der Waals surface area contributed by atoms with Gasteiger partial charge in [-0.3, -0.25) is 9.59 Å². The van der Waals surface area contributed by atoms with Crippen LogP contribution in [0.4, 0.5) is 5.69 Å². The Morgan fingerprint density at radius 3 is 2.57 bits per heavy atom. The van der Waals surface area contributed by atoms with Crippen LogP contribution in [0.1, 0.15) is 5.56 Å². The van der Waals surface area contributed by atoms with E-state index in [2.05, 4.69) is 5.32 Å². The first-order valence-electron chi connectivity index (χ1n) is 6.63. The van der Waals surface area contributed by atoms with Crippen molar-refractivity contribution < 1.29 is 19.4 Å². The van der Waals surface area contributed by atoms with Gasteiger partial charge in [-0.2, -0.15) is 0 Å². The maximum Gasteiger partial charge on any atom is 0.307 e. The van der Waals surface area contributed by atoms with E-state index in [1.54, 1.807) is 36.4 Å². The SMILES string of the molecule is O=C(O)Cc1ccccc1NC(=O)COc1ccc(Cl)cc1Cl. The molecular weight excluding hydrogens is 341 g/mol. The molecule has 0 saturated heterocycles. The van der Waals surface area contributed by atoms with Crippen molar-refractivity contribution in [3.8, 4) is 5.75 Å². The van der Waals surface area contributed by atoms with E-state index in [0.717, 1.165) is 0 Å².